The monoisotopic (exact) mass is 510 g/mol. The first kappa shape index (κ1) is 21.0. The lowest BCUT2D eigenvalue weighted by Gasteiger charge is -2.18. The SMILES string of the molecule is Cc1cc(C=CC(c2cc(Br)c(Cl)c(Br)c2)C(F)(F)F)ccc1C(=O)O. The third kappa shape index (κ3) is 4.90. The van der Waals surface area contributed by atoms with Crippen molar-refractivity contribution in [3.8, 4) is 0 Å². The molecule has 0 aliphatic carbocycles. The minimum absolute atomic E-state index is 0.0239. The molecule has 0 aliphatic heterocycles. The number of carboxylic acids is 1. The summed E-state index contributed by atoms with van der Waals surface area (Å²) in [6.45, 7) is 1.59. The number of aryl methyl sites for hydroxylation is 1. The van der Waals surface area contributed by atoms with Crippen LogP contribution in [-0.2, 0) is 0 Å². The molecule has 0 spiro atoms. The summed E-state index contributed by atoms with van der Waals surface area (Å²) in [5, 5.41) is 9.31. The van der Waals surface area contributed by atoms with E-state index in [1.807, 2.05) is 0 Å². The normalized spacial score (nSPS) is 13.2. The molecule has 0 heterocycles. The fourth-order valence-corrected chi connectivity index (χ4v) is 3.73. The van der Waals surface area contributed by atoms with Crippen LogP contribution in [0.3, 0.4) is 0 Å². The van der Waals surface area contributed by atoms with Crippen molar-refractivity contribution >= 4 is 55.5 Å². The van der Waals surface area contributed by atoms with Crippen LogP contribution in [0.4, 0.5) is 13.2 Å². The van der Waals surface area contributed by atoms with Crippen LogP contribution in [0.15, 0.2) is 45.4 Å². The van der Waals surface area contributed by atoms with Gasteiger partial charge < -0.3 is 5.11 Å². The van der Waals surface area contributed by atoms with Crippen molar-refractivity contribution < 1.29 is 23.1 Å². The molecule has 0 bridgehead atoms. The van der Waals surface area contributed by atoms with Crippen LogP contribution in [0.2, 0.25) is 5.02 Å². The quantitative estimate of drug-likeness (QED) is 0.439. The molecule has 0 aliphatic rings. The van der Waals surface area contributed by atoms with E-state index in [1.54, 1.807) is 6.92 Å². The summed E-state index contributed by atoms with van der Waals surface area (Å²) in [7, 11) is 0. The van der Waals surface area contributed by atoms with Gasteiger partial charge in [0.2, 0.25) is 0 Å². The van der Waals surface area contributed by atoms with Crippen molar-refractivity contribution in [2.24, 2.45) is 0 Å². The van der Waals surface area contributed by atoms with Crippen molar-refractivity contribution in [1.82, 2.24) is 0 Å². The molecule has 1 unspecified atom stereocenters. The van der Waals surface area contributed by atoms with Crippen LogP contribution < -0.4 is 0 Å². The smallest absolute Gasteiger partial charge is 0.399 e. The predicted molar refractivity (Wildman–Crippen MR) is 103 cm³/mol. The molecule has 0 saturated heterocycles. The third-order valence-electron chi connectivity index (χ3n) is 3.68. The van der Waals surface area contributed by atoms with Gasteiger partial charge in [-0.15, -0.1) is 0 Å². The Morgan fingerprint density at radius 2 is 1.77 bits per heavy atom. The standard InChI is InChI=1S/C18H12Br2ClF3O2/c1-9-6-10(2-4-12(9)17(25)26)3-5-13(18(22,23)24)11-7-14(19)16(21)15(20)8-11/h2-8,13H,1H3,(H,25,26). The molecule has 2 aromatic rings. The van der Waals surface area contributed by atoms with Crippen LogP contribution in [-0.4, -0.2) is 17.3 Å². The average Bonchev–Trinajstić information content (AvgIpc) is 2.51. The van der Waals surface area contributed by atoms with Crippen LogP contribution in [0.1, 0.15) is 33.0 Å². The fraction of sp³-hybridized carbons (Fsp3) is 0.167. The van der Waals surface area contributed by atoms with E-state index in [1.165, 1.54) is 36.4 Å². The number of rotatable bonds is 4. The Labute approximate surface area is 169 Å². The van der Waals surface area contributed by atoms with Crippen LogP contribution in [0.5, 0.6) is 0 Å². The molecule has 0 amide bonds. The summed E-state index contributed by atoms with van der Waals surface area (Å²) in [6.07, 6.45) is -2.14. The van der Waals surface area contributed by atoms with Crippen molar-refractivity contribution in [2.75, 3.05) is 0 Å². The minimum atomic E-state index is -4.50. The van der Waals surface area contributed by atoms with Gasteiger partial charge in [-0.1, -0.05) is 35.9 Å². The van der Waals surface area contributed by atoms with Crippen molar-refractivity contribution in [1.29, 1.82) is 0 Å². The predicted octanol–water partition coefficient (Wildman–Crippen LogP) is 7.23. The molecule has 0 saturated carbocycles. The molecule has 2 nitrogen and oxygen atoms in total. The number of aromatic carboxylic acids is 1. The van der Waals surface area contributed by atoms with Gasteiger partial charge in [0.05, 0.1) is 16.5 Å². The number of halogens is 6. The molecule has 0 fully saturated rings. The Hall–Kier alpha value is -1.31. The second kappa shape index (κ2) is 8.15. The van der Waals surface area contributed by atoms with Gasteiger partial charge in [0.15, 0.2) is 0 Å². The number of alkyl halides is 3. The molecule has 26 heavy (non-hydrogen) atoms. The van der Waals surface area contributed by atoms with E-state index >= 15 is 0 Å². The fourth-order valence-electron chi connectivity index (χ4n) is 2.40. The van der Waals surface area contributed by atoms with E-state index < -0.39 is 18.1 Å². The lowest BCUT2D eigenvalue weighted by molar-refractivity contribution is -0.139. The van der Waals surface area contributed by atoms with E-state index in [-0.39, 0.29) is 11.1 Å². The van der Waals surface area contributed by atoms with Crippen LogP contribution >= 0.6 is 43.5 Å². The third-order valence-corrected chi connectivity index (χ3v) is 5.79. The number of benzene rings is 2. The summed E-state index contributed by atoms with van der Waals surface area (Å²) >= 11 is 12.3. The maximum Gasteiger partial charge on any atom is 0.399 e. The molecule has 2 rings (SSSR count). The molecular weight excluding hydrogens is 500 g/mol. The first-order valence-corrected chi connectivity index (χ1v) is 9.20. The molecule has 1 N–H and O–H groups in total. The summed E-state index contributed by atoms with van der Waals surface area (Å²) in [5.41, 5.74) is 1.09. The van der Waals surface area contributed by atoms with Crippen molar-refractivity contribution in [3.05, 3.63) is 72.6 Å². The highest BCUT2D eigenvalue weighted by molar-refractivity contribution is 9.11. The topological polar surface area (TPSA) is 37.3 Å². The number of hydrogen-bond donors (Lipinski definition) is 1. The number of hydrogen-bond acceptors (Lipinski definition) is 1. The van der Waals surface area contributed by atoms with Gasteiger partial charge in [-0.05, 0) is 73.7 Å². The largest absolute Gasteiger partial charge is 0.478 e. The Morgan fingerprint density at radius 1 is 1.19 bits per heavy atom. The zero-order chi connectivity index (χ0) is 19.6. The average molecular weight is 513 g/mol. The Kier molecular flexibility index (Phi) is 6.58. The second-order valence-corrected chi connectivity index (χ2v) is 7.64. The van der Waals surface area contributed by atoms with E-state index in [2.05, 4.69) is 31.9 Å². The second-order valence-electron chi connectivity index (χ2n) is 5.56. The Morgan fingerprint density at radius 3 is 2.23 bits per heavy atom. The zero-order valence-electron chi connectivity index (χ0n) is 13.2. The lowest BCUT2D eigenvalue weighted by Crippen LogP contribution is -2.19. The van der Waals surface area contributed by atoms with Gasteiger partial charge in [-0.2, -0.15) is 13.2 Å². The minimum Gasteiger partial charge on any atom is -0.478 e. The number of carboxylic acid groups (broad SMARTS) is 1. The van der Waals surface area contributed by atoms with E-state index in [0.29, 0.717) is 25.1 Å². The van der Waals surface area contributed by atoms with Gasteiger partial charge in [0, 0.05) is 8.95 Å². The van der Waals surface area contributed by atoms with Gasteiger partial charge in [0.1, 0.15) is 0 Å². The van der Waals surface area contributed by atoms with Gasteiger partial charge in [-0.25, -0.2) is 4.79 Å². The Bertz CT molecular complexity index is 856. The zero-order valence-corrected chi connectivity index (χ0v) is 17.2. The van der Waals surface area contributed by atoms with Crippen molar-refractivity contribution in [2.45, 2.75) is 19.0 Å². The molecule has 0 radical (unpaired) electrons. The summed E-state index contributed by atoms with van der Waals surface area (Å²) in [6, 6.07) is 7.02. The molecular formula is C18H12Br2ClF3O2. The molecule has 1 atom stereocenters. The van der Waals surface area contributed by atoms with Gasteiger partial charge >= 0.3 is 12.1 Å². The first-order chi connectivity index (χ1) is 12.0. The molecule has 2 aromatic carbocycles. The van der Waals surface area contributed by atoms with E-state index in [0.717, 1.165) is 6.08 Å². The molecule has 0 aromatic heterocycles. The van der Waals surface area contributed by atoms with Crippen molar-refractivity contribution in [3.63, 3.8) is 0 Å². The lowest BCUT2D eigenvalue weighted by atomic mass is 9.96. The van der Waals surface area contributed by atoms with Gasteiger partial charge in [0.25, 0.3) is 0 Å². The van der Waals surface area contributed by atoms with E-state index in [4.69, 9.17) is 16.7 Å². The van der Waals surface area contributed by atoms with Gasteiger partial charge in [-0.3, -0.25) is 0 Å². The summed E-state index contributed by atoms with van der Waals surface area (Å²) in [5.74, 6) is -2.92. The Balaban J connectivity index is 2.42. The number of allylic oxidation sites excluding steroid dienone is 1. The highest BCUT2D eigenvalue weighted by Crippen LogP contribution is 2.41. The van der Waals surface area contributed by atoms with Crippen LogP contribution in [0, 0.1) is 6.92 Å². The summed E-state index contributed by atoms with van der Waals surface area (Å²) in [4.78, 5) is 11.0. The maximum atomic E-state index is 13.5. The first-order valence-electron chi connectivity index (χ1n) is 7.24. The summed E-state index contributed by atoms with van der Waals surface area (Å²) < 4.78 is 41.3. The molecule has 8 heteroatoms. The highest BCUT2D eigenvalue weighted by atomic mass is 79.9. The highest BCUT2D eigenvalue weighted by Gasteiger charge is 2.39. The molecule has 138 valence electrons. The maximum absolute atomic E-state index is 13.5. The van der Waals surface area contributed by atoms with E-state index in [9.17, 15) is 18.0 Å². The number of carbonyl (C=O) groups is 1. The van der Waals surface area contributed by atoms with Crippen LogP contribution in [0.25, 0.3) is 6.08 Å².